The molecule has 11 heteroatoms. The maximum absolute atomic E-state index is 10.4. The van der Waals surface area contributed by atoms with Crippen LogP contribution in [-0.2, 0) is 23.7 Å². The summed E-state index contributed by atoms with van der Waals surface area (Å²) in [5.74, 6) is 0. The molecule has 0 aromatic rings. The minimum absolute atomic E-state index is 0.445. The van der Waals surface area contributed by atoms with E-state index < -0.39 is 74.6 Å². The largest absolute Gasteiger partial charge is 0.394 e. The van der Waals surface area contributed by atoms with Gasteiger partial charge < -0.3 is 54.3 Å². The van der Waals surface area contributed by atoms with E-state index in [2.05, 4.69) is 0 Å². The van der Waals surface area contributed by atoms with Gasteiger partial charge in [0.2, 0.25) is 0 Å². The van der Waals surface area contributed by atoms with E-state index in [9.17, 15) is 30.6 Å². The first-order valence-corrected chi connectivity index (χ1v) is 7.85. The molecule has 0 aromatic heterocycles. The fraction of sp³-hybridized carbons (Fsp3) is 1.00. The Bertz CT molecular complexity index is 408. The highest BCUT2D eigenvalue weighted by atomic mass is 16.7. The van der Waals surface area contributed by atoms with Crippen LogP contribution in [0.3, 0.4) is 0 Å². The molecule has 0 saturated carbocycles. The second-order valence-electron chi connectivity index (χ2n) is 5.95. The molecule has 2 heterocycles. The molecule has 0 amide bonds. The third kappa shape index (κ3) is 4.12. The quantitative estimate of drug-likeness (QED) is 0.269. The Kier molecular flexibility index (Phi) is 7.49. The van der Waals surface area contributed by atoms with Crippen molar-refractivity contribution in [3.63, 3.8) is 0 Å². The van der Waals surface area contributed by atoms with Crippen LogP contribution in [0.4, 0.5) is 0 Å². The van der Waals surface area contributed by atoms with Gasteiger partial charge in [0.05, 0.1) is 13.2 Å². The Balaban J connectivity index is 2.16. The molecule has 2 saturated heterocycles. The van der Waals surface area contributed by atoms with Gasteiger partial charge in [0.25, 0.3) is 0 Å². The Morgan fingerprint density at radius 3 is 1.80 bits per heavy atom. The van der Waals surface area contributed by atoms with E-state index in [4.69, 9.17) is 23.7 Å². The van der Waals surface area contributed by atoms with Crippen LogP contribution in [0.15, 0.2) is 0 Å². The standard InChI is InChI=1S/C14H26O11/c1-21-11-6(4-16)24-14(9(19)12(11)22-2)25-10-5(3-15)23-13(20)8(18)7(10)17/h5-20H,3-4H2,1-2H3. The fourth-order valence-corrected chi connectivity index (χ4v) is 3.10. The third-order valence-electron chi connectivity index (χ3n) is 4.47. The molecular formula is C14H26O11. The van der Waals surface area contributed by atoms with Gasteiger partial charge >= 0.3 is 0 Å². The molecule has 2 fully saturated rings. The molecule has 0 radical (unpaired) electrons. The molecule has 10 atom stereocenters. The van der Waals surface area contributed by atoms with Crippen LogP contribution in [0.5, 0.6) is 0 Å². The molecule has 0 aliphatic carbocycles. The Morgan fingerprint density at radius 2 is 1.28 bits per heavy atom. The molecule has 0 spiro atoms. The molecule has 0 bridgehead atoms. The molecule has 6 N–H and O–H groups in total. The predicted molar refractivity (Wildman–Crippen MR) is 78.2 cm³/mol. The van der Waals surface area contributed by atoms with E-state index in [0.29, 0.717) is 0 Å². The minimum atomic E-state index is -1.70. The number of aliphatic hydroxyl groups is 6. The van der Waals surface area contributed by atoms with Crippen LogP contribution >= 0.6 is 0 Å². The lowest BCUT2D eigenvalue weighted by Crippen LogP contribution is -2.65. The smallest absolute Gasteiger partial charge is 0.187 e. The summed E-state index contributed by atoms with van der Waals surface area (Å²) >= 11 is 0. The van der Waals surface area contributed by atoms with Gasteiger partial charge in [-0.3, -0.25) is 0 Å². The van der Waals surface area contributed by atoms with Gasteiger partial charge in [-0.25, -0.2) is 0 Å². The van der Waals surface area contributed by atoms with Gasteiger partial charge in [0.15, 0.2) is 12.6 Å². The van der Waals surface area contributed by atoms with Crippen LogP contribution in [0.25, 0.3) is 0 Å². The monoisotopic (exact) mass is 370 g/mol. The van der Waals surface area contributed by atoms with Crippen molar-refractivity contribution < 1.29 is 54.3 Å². The average Bonchev–Trinajstić information content (AvgIpc) is 2.62. The third-order valence-corrected chi connectivity index (χ3v) is 4.47. The van der Waals surface area contributed by atoms with E-state index in [1.807, 2.05) is 0 Å². The van der Waals surface area contributed by atoms with Crippen molar-refractivity contribution in [1.82, 2.24) is 0 Å². The lowest BCUT2D eigenvalue weighted by Gasteiger charge is -2.46. The summed E-state index contributed by atoms with van der Waals surface area (Å²) in [7, 11) is 2.71. The first kappa shape index (κ1) is 20.9. The summed E-state index contributed by atoms with van der Waals surface area (Å²) in [6.45, 7) is -1.06. The predicted octanol–water partition coefficient (Wildman–Crippen LogP) is -4.09. The normalized spacial score (nSPS) is 48.5. The Hall–Kier alpha value is -0.440. The summed E-state index contributed by atoms with van der Waals surface area (Å²) in [6.07, 6.45) is -12.7. The van der Waals surface area contributed by atoms with E-state index >= 15 is 0 Å². The lowest BCUT2D eigenvalue weighted by atomic mass is 9.97. The zero-order valence-electron chi connectivity index (χ0n) is 13.9. The maximum Gasteiger partial charge on any atom is 0.187 e. The first-order valence-electron chi connectivity index (χ1n) is 7.85. The lowest BCUT2D eigenvalue weighted by molar-refractivity contribution is -0.357. The van der Waals surface area contributed by atoms with Gasteiger partial charge in [0.1, 0.15) is 48.8 Å². The average molecular weight is 370 g/mol. The van der Waals surface area contributed by atoms with Gasteiger partial charge in [-0.05, 0) is 0 Å². The highest BCUT2D eigenvalue weighted by Gasteiger charge is 2.51. The maximum atomic E-state index is 10.4. The second kappa shape index (κ2) is 8.97. The highest BCUT2D eigenvalue weighted by molar-refractivity contribution is 4.94. The summed E-state index contributed by atoms with van der Waals surface area (Å²) in [5.41, 5.74) is 0. The van der Waals surface area contributed by atoms with Crippen molar-refractivity contribution in [1.29, 1.82) is 0 Å². The van der Waals surface area contributed by atoms with Gasteiger partial charge in [-0.15, -0.1) is 0 Å². The Morgan fingerprint density at radius 1 is 0.720 bits per heavy atom. The molecule has 0 aromatic carbocycles. The van der Waals surface area contributed by atoms with Crippen molar-refractivity contribution in [3.05, 3.63) is 0 Å². The first-order chi connectivity index (χ1) is 11.9. The van der Waals surface area contributed by atoms with Gasteiger partial charge in [-0.2, -0.15) is 0 Å². The highest BCUT2D eigenvalue weighted by Crippen LogP contribution is 2.30. The number of ether oxygens (including phenoxy) is 5. The summed E-state index contributed by atoms with van der Waals surface area (Å²) in [4.78, 5) is 0. The van der Waals surface area contributed by atoms with Gasteiger partial charge in [-0.1, -0.05) is 0 Å². The molecule has 10 unspecified atom stereocenters. The molecule has 25 heavy (non-hydrogen) atoms. The van der Waals surface area contributed by atoms with Crippen LogP contribution in [0, 0.1) is 0 Å². The van der Waals surface area contributed by atoms with Crippen molar-refractivity contribution in [3.8, 4) is 0 Å². The zero-order valence-corrected chi connectivity index (χ0v) is 13.9. The van der Waals surface area contributed by atoms with Crippen molar-refractivity contribution >= 4 is 0 Å². The molecular weight excluding hydrogens is 344 g/mol. The van der Waals surface area contributed by atoms with Gasteiger partial charge in [0, 0.05) is 14.2 Å². The van der Waals surface area contributed by atoms with E-state index in [1.165, 1.54) is 14.2 Å². The molecule has 2 aliphatic rings. The number of hydrogen-bond donors (Lipinski definition) is 6. The summed E-state index contributed by atoms with van der Waals surface area (Å²) in [6, 6.07) is 0. The second-order valence-corrected chi connectivity index (χ2v) is 5.95. The molecule has 11 nitrogen and oxygen atoms in total. The SMILES string of the molecule is COC1C(CO)OC(OC2C(CO)OC(O)C(O)C2O)C(O)C1OC. The number of methoxy groups -OCH3 is 2. The molecule has 2 aliphatic heterocycles. The minimum Gasteiger partial charge on any atom is -0.394 e. The van der Waals surface area contributed by atoms with E-state index in [-0.39, 0.29) is 0 Å². The summed E-state index contributed by atoms with van der Waals surface area (Å²) in [5, 5.41) is 58.6. The number of hydrogen-bond acceptors (Lipinski definition) is 11. The van der Waals surface area contributed by atoms with Crippen LogP contribution in [0.1, 0.15) is 0 Å². The fourth-order valence-electron chi connectivity index (χ4n) is 3.10. The topological polar surface area (TPSA) is 168 Å². The van der Waals surface area contributed by atoms with E-state index in [1.54, 1.807) is 0 Å². The van der Waals surface area contributed by atoms with E-state index in [0.717, 1.165) is 0 Å². The molecule has 148 valence electrons. The van der Waals surface area contributed by atoms with Crippen molar-refractivity contribution in [2.24, 2.45) is 0 Å². The van der Waals surface area contributed by atoms with Crippen molar-refractivity contribution in [2.75, 3.05) is 27.4 Å². The number of aliphatic hydroxyl groups excluding tert-OH is 6. The van der Waals surface area contributed by atoms with Crippen LogP contribution in [-0.4, -0.2) is 119 Å². The van der Waals surface area contributed by atoms with Crippen LogP contribution < -0.4 is 0 Å². The Labute approximate surface area is 144 Å². The zero-order chi connectivity index (χ0) is 18.7. The molecule has 2 rings (SSSR count). The van der Waals surface area contributed by atoms with Crippen molar-refractivity contribution in [2.45, 2.75) is 61.4 Å². The number of rotatable bonds is 6. The van der Waals surface area contributed by atoms with Crippen LogP contribution in [0.2, 0.25) is 0 Å². The summed E-state index contributed by atoms with van der Waals surface area (Å²) < 4.78 is 26.4.